The molecule has 1 saturated carbocycles. The average Bonchev–Trinajstić information content (AvgIpc) is 3.76. The molecule has 2 heterocycles. The molecule has 208 valence electrons. The Balaban J connectivity index is 1.32. The number of aromatic nitrogens is 2. The molecule has 1 aromatic heterocycles. The number of halogens is 1. The summed E-state index contributed by atoms with van der Waals surface area (Å²) in [6.07, 6.45) is 7.24. The lowest BCUT2D eigenvalue weighted by Gasteiger charge is -2.33. The molecule has 1 saturated heterocycles. The number of anilines is 2. The van der Waals surface area contributed by atoms with Crippen molar-refractivity contribution in [2.75, 3.05) is 30.3 Å². The lowest BCUT2D eigenvalue weighted by atomic mass is 10.1. The van der Waals surface area contributed by atoms with E-state index in [0.29, 0.717) is 42.1 Å². The first-order chi connectivity index (χ1) is 19.2. The van der Waals surface area contributed by atoms with E-state index in [1.807, 2.05) is 13.8 Å². The first-order valence-electron chi connectivity index (χ1n) is 13.3. The summed E-state index contributed by atoms with van der Waals surface area (Å²) in [5.74, 6) is 1.54. The molecule has 1 aliphatic carbocycles. The van der Waals surface area contributed by atoms with Crippen LogP contribution >= 0.6 is 0 Å². The number of terminal acetylenes is 1. The molecule has 1 aliphatic heterocycles. The maximum Gasteiger partial charge on any atom is 0.331 e. The lowest BCUT2D eigenvalue weighted by molar-refractivity contribution is -0.118. The van der Waals surface area contributed by atoms with Crippen LogP contribution in [0.4, 0.5) is 20.6 Å². The monoisotopic (exact) mass is 546 g/mol. The zero-order chi connectivity index (χ0) is 28.6. The van der Waals surface area contributed by atoms with Gasteiger partial charge in [0.2, 0.25) is 5.91 Å². The first kappa shape index (κ1) is 27.1. The molecular formula is C29H31FN6O4. The molecule has 3 amide bonds. The first-order valence-corrected chi connectivity index (χ1v) is 13.3. The molecule has 0 bridgehead atoms. The highest BCUT2D eigenvalue weighted by Crippen LogP contribution is 2.30. The van der Waals surface area contributed by atoms with Gasteiger partial charge in [-0.25, -0.2) is 14.0 Å². The van der Waals surface area contributed by atoms with Crippen LogP contribution in [0, 0.1) is 24.1 Å². The number of fused-ring (bicyclic) bond motifs is 1. The number of piperazine rings is 1. The largest absolute Gasteiger partial charge is 0.331 e. The topological polar surface area (TPSA) is 117 Å². The summed E-state index contributed by atoms with van der Waals surface area (Å²) < 4.78 is 16.9. The Morgan fingerprint density at radius 1 is 1.12 bits per heavy atom. The van der Waals surface area contributed by atoms with Gasteiger partial charge in [0.25, 0.3) is 5.56 Å². The minimum Gasteiger partial charge on any atom is -0.325 e. The minimum atomic E-state index is -0.721. The third-order valence-corrected chi connectivity index (χ3v) is 7.25. The molecule has 5 rings (SSSR count). The fourth-order valence-electron chi connectivity index (χ4n) is 4.93. The lowest BCUT2D eigenvalue weighted by Crippen LogP contribution is -2.57. The van der Waals surface area contributed by atoms with Crippen LogP contribution in [0.1, 0.15) is 38.3 Å². The molecule has 2 fully saturated rings. The van der Waals surface area contributed by atoms with Gasteiger partial charge in [-0.3, -0.25) is 18.7 Å². The van der Waals surface area contributed by atoms with E-state index in [1.165, 1.54) is 21.6 Å². The Bertz CT molecular complexity index is 1650. The van der Waals surface area contributed by atoms with Crippen molar-refractivity contribution in [1.82, 2.24) is 19.4 Å². The summed E-state index contributed by atoms with van der Waals surface area (Å²) >= 11 is 0. The summed E-state index contributed by atoms with van der Waals surface area (Å²) in [6, 6.07) is 7.69. The van der Waals surface area contributed by atoms with Gasteiger partial charge < -0.3 is 20.9 Å². The predicted octanol–water partition coefficient (Wildman–Crippen LogP) is 2.72. The standard InChI is InChI=1S/C29H31FN6O4/c1-4-19-7-8-21(14-23(19)30)32-26(37)24-16-34(12-11-31-24)28(39)33-20-9-10-25-22(13-20)27(38)35(15-18-5-6-18)29(40)36(25)17(2)3/h1,7-10,13-14,17-18,24,31H,5-6,11-12,15-16H2,2-3H3,(H,32,37)(H,33,39). The van der Waals surface area contributed by atoms with Gasteiger partial charge in [0.15, 0.2) is 0 Å². The molecular weight excluding hydrogens is 515 g/mol. The number of nitrogens with zero attached hydrogens (tertiary/aromatic N) is 3. The van der Waals surface area contributed by atoms with Gasteiger partial charge in [-0.05, 0) is 69.0 Å². The molecule has 3 aromatic rings. The van der Waals surface area contributed by atoms with Gasteiger partial charge in [-0.15, -0.1) is 6.42 Å². The number of carbonyl (C=O) groups is 2. The normalized spacial score (nSPS) is 17.1. The second kappa shape index (κ2) is 11.0. The third-order valence-electron chi connectivity index (χ3n) is 7.25. The van der Waals surface area contributed by atoms with Crippen LogP contribution in [0.15, 0.2) is 46.0 Å². The molecule has 1 unspecified atom stereocenters. The second-order valence-corrected chi connectivity index (χ2v) is 10.5. The van der Waals surface area contributed by atoms with E-state index >= 15 is 0 Å². The fourth-order valence-corrected chi connectivity index (χ4v) is 4.93. The zero-order valence-corrected chi connectivity index (χ0v) is 22.4. The molecule has 2 aromatic carbocycles. The highest BCUT2D eigenvalue weighted by molar-refractivity contribution is 5.97. The van der Waals surface area contributed by atoms with Gasteiger partial charge in [-0.1, -0.05) is 5.92 Å². The van der Waals surface area contributed by atoms with Crippen LogP contribution in [-0.2, 0) is 11.3 Å². The summed E-state index contributed by atoms with van der Waals surface area (Å²) in [5, 5.41) is 8.89. The summed E-state index contributed by atoms with van der Waals surface area (Å²) in [6.45, 7) is 4.99. The van der Waals surface area contributed by atoms with E-state index in [2.05, 4.69) is 21.9 Å². The van der Waals surface area contributed by atoms with E-state index in [0.717, 1.165) is 18.9 Å². The number of urea groups is 1. The number of carbonyl (C=O) groups excluding carboxylic acids is 2. The summed E-state index contributed by atoms with van der Waals surface area (Å²) in [5.41, 5.74) is 0.584. The van der Waals surface area contributed by atoms with Crippen molar-refractivity contribution in [2.45, 2.75) is 45.3 Å². The number of benzene rings is 2. The maximum atomic E-state index is 14.0. The van der Waals surface area contributed by atoms with Gasteiger partial charge >= 0.3 is 11.7 Å². The average molecular weight is 547 g/mol. The molecule has 1 atom stereocenters. The maximum absolute atomic E-state index is 14.0. The van der Waals surface area contributed by atoms with Crippen LogP contribution in [0.25, 0.3) is 10.9 Å². The van der Waals surface area contributed by atoms with Crippen LogP contribution in [0.5, 0.6) is 0 Å². The zero-order valence-electron chi connectivity index (χ0n) is 22.4. The predicted molar refractivity (Wildman–Crippen MR) is 151 cm³/mol. The number of rotatable bonds is 6. The van der Waals surface area contributed by atoms with E-state index in [9.17, 15) is 23.6 Å². The SMILES string of the molecule is C#Cc1ccc(NC(=O)C2CN(C(=O)Nc3ccc4c(c3)c(=O)n(CC3CC3)c(=O)n4C(C)C)CCN2)cc1F. The van der Waals surface area contributed by atoms with Gasteiger partial charge in [0, 0.05) is 43.6 Å². The third kappa shape index (κ3) is 5.49. The molecule has 3 N–H and O–H groups in total. The molecule has 0 spiro atoms. The molecule has 10 nitrogen and oxygen atoms in total. The van der Waals surface area contributed by atoms with E-state index in [-0.39, 0.29) is 35.1 Å². The Morgan fingerprint density at radius 3 is 2.52 bits per heavy atom. The van der Waals surface area contributed by atoms with E-state index < -0.39 is 23.8 Å². The smallest absolute Gasteiger partial charge is 0.325 e. The molecule has 40 heavy (non-hydrogen) atoms. The Hall–Kier alpha value is -4.43. The van der Waals surface area contributed by atoms with Gasteiger partial charge in [0.05, 0.1) is 16.5 Å². The summed E-state index contributed by atoms with van der Waals surface area (Å²) in [4.78, 5) is 53.8. The molecule has 0 radical (unpaired) electrons. The van der Waals surface area contributed by atoms with Crippen molar-refractivity contribution in [1.29, 1.82) is 0 Å². The van der Waals surface area contributed by atoms with Crippen molar-refractivity contribution >= 4 is 34.2 Å². The number of amides is 3. The number of nitrogens with one attached hydrogen (secondary N) is 3. The van der Waals surface area contributed by atoms with Crippen molar-refractivity contribution in [3.8, 4) is 12.3 Å². The minimum absolute atomic E-state index is 0.0806. The van der Waals surface area contributed by atoms with Gasteiger partial charge in [0.1, 0.15) is 11.9 Å². The van der Waals surface area contributed by atoms with Crippen molar-refractivity contribution in [3.05, 3.63) is 68.6 Å². The summed E-state index contributed by atoms with van der Waals surface area (Å²) in [7, 11) is 0. The quantitative estimate of drug-likeness (QED) is 0.411. The van der Waals surface area contributed by atoms with Crippen LogP contribution in [-0.4, -0.2) is 51.6 Å². The number of hydrogen-bond donors (Lipinski definition) is 3. The fraction of sp³-hybridized carbons (Fsp3) is 0.379. The van der Waals surface area contributed by atoms with Crippen molar-refractivity contribution < 1.29 is 14.0 Å². The highest BCUT2D eigenvalue weighted by atomic mass is 19.1. The van der Waals surface area contributed by atoms with Crippen molar-refractivity contribution in [2.24, 2.45) is 5.92 Å². The molecule has 2 aliphatic rings. The van der Waals surface area contributed by atoms with Crippen LogP contribution < -0.4 is 27.2 Å². The number of hydrogen-bond acceptors (Lipinski definition) is 5. The Kier molecular flexibility index (Phi) is 7.45. The van der Waals surface area contributed by atoms with Crippen LogP contribution in [0.3, 0.4) is 0 Å². The Morgan fingerprint density at radius 2 is 1.85 bits per heavy atom. The Labute approximate surface area is 230 Å². The van der Waals surface area contributed by atoms with Gasteiger partial charge in [-0.2, -0.15) is 0 Å². The van der Waals surface area contributed by atoms with Crippen LogP contribution in [0.2, 0.25) is 0 Å². The molecule has 11 heteroatoms. The van der Waals surface area contributed by atoms with E-state index in [4.69, 9.17) is 6.42 Å². The van der Waals surface area contributed by atoms with E-state index in [1.54, 1.807) is 22.8 Å². The van der Waals surface area contributed by atoms with Crippen molar-refractivity contribution in [3.63, 3.8) is 0 Å². The highest BCUT2D eigenvalue weighted by Gasteiger charge is 2.29. The second-order valence-electron chi connectivity index (χ2n) is 10.5.